The first-order valence-electron chi connectivity index (χ1n) is 3.75. The number of rotatable bonds is 3. The highest BCUT2D eigenvalue weighted by atomic mass is 32.2. The first-order chi connectivity index (χ1) is 4.65. The van der Waals surface area contributed by atoms with E-state index in [2.05, 4.69) is 25.7 Å². The maximum absolute atomic E-state index is 8.20. The second kappa shape index (κ2) is 12.0. The lowest BCUT2D eigenvalue weighted by Gasteiger charge is -1.85. The summed E-state index contributed by atoms with van der Waals surface area (Å²) in [6.45, 7) is 2.48. The van der Waals surface area contributed by atoms with Crippen molar-refractivity contribution in [2.75, 3.05) is 25.4 Å². The number of hydrogen-bond acceptors (Lipinski definition) is 1. The quantitative estimate of drug-likeness (QED) is 0.498. The first kappa shape index (κ1) is 12.9. The van der Waals surface area contributed by atoms with Gasteiger partial charge in [0, 0.05) is 6.61 Å². The molecule has 0 bridgehead atoms. The molecule has 0 aliphatic rings. The van der Waals surface area contributed by atoms with Gasteiger partial charge in [0.15, 0.2) is 0 Å². The van der Waals surface area contributed by atoms with Crippen LogP contribution in [0.25, 0.3) is 0 Å². The predicted molar refractivity (Wildman–Crippen MR) is 51.7 cm³/mol. The Balaban J connectivity index is 0. The van der Waals surface area contributed by atoms with Crippen LogP contribution in [0.1, 0.15) is 26.2 Å². The lowest BCUT2D eigenvalue weighted by atomic mass is 10.3. The van der Waals surface area contributed by atoms with Crippen LogP contribution >= 0.6 is 0 Å². The van der Waals surface area contributed by atoms with Gasteiger partial charge in [-0.2, -0.15) is 0 Å². The lowest BCUT2D eigenvalue weighted by molar-refractivity contribution is 0.284. The van der Waals surface area contributed by atoms with Crippen molar-refractivity contribution in [3.8, 4) is 0 Å². The zero-order valence-corrected chi connectivity index (χ0v) is 8.50. The molecule has 0 atom stereocenters. The second-order valence-corrected chi connectivity index (χ2v) is 5.10. The first-order valence-corrected chi connectivity index (χ1v) is 6.20. The number of aliphatic hydroxyl groups is 1. The molecule has 0 fully saturated rings. The van der Waals surface area contributed by atoms with Gasteiger partial charge in [-0.15, -0.1) is 0 Å². The minimum Gasteiger partial charge on any atom is -0.396 e. The van der Waals surface area contributed by atoms with Crippen molar-refractivity contribution in [1.29, 1.82) is 0 Å². The van der Waals surface area contributed by atoms with Crippen molar-refractivity contribution in [1.82, 2.24) is 0 Å². The highest BCUT2D eigenvalue weighted by Gasteiger charge is 1.77. The van der Waals surface area contributed by atoms with E-state index in [0.717, 1.165) is 12.8 Å². The van der Waals surface area contributed by atoms with Gasteiger partial charge in [-0.3, -0.25) is 0 Å². The summed E-state index contributed by atoms with van der Waals surface area (Å²) in [7, 11) is 0.639. The van der Waals surface area contributed by atoms with Gasteiger partial charge in [0.2, 0.25) is 0 Å². The van der Waals surface area contributed by atoms with E-state index in [0.29, 0.717) is 17.5 Å². The summed E-state index contributed by atoms with van der Waals surface area (Å²) in [5.74, 6) is 0. The molecule has 0 aliphatic heterocycles. The van der Waals surface area contributed by atoms with E-state index in [9.17, 15) is 0 Å². The van der Waals surface area contributed by atoms with Crippen molar-refractivity contribution in [3.05, 3.63) is 0 Å². The summed E-state index contributed by atoms with van der Waals surface area (Å²) in [5.41, 5.74) is 0. The van der Waals surface area contributed by atoms with Gasteiger partial charge in [0.1, 0.15) is 0 Å². The van der Waals surface area contributed by atoms with E-state index >= 15 is 0 Å². The van der Waals surface area contributed by atoms with Gasteiger partial charge >= 0.3 is 0 Å². The average Bonchev–Trinajstić information content (AvgIpc) is 1.82. The van der Waals surface area contributed by atoms with E-state index in [1.54, 1.807) is 0 Å². The van der Waals surface area contributed by atoms with Crippen LogP contribution in [0.2, 0.25) is 0 Å². The minimum atomic E-state index is 0.355. The van der Waals surface area contributed by atoms with E-state index in [-0.39, 0.29) is 0 Å². The van der Waals surface area contributed by atoms with E-state index in [1.165, 1.54) is 6.42 Å². The maximum Gasteiger partial charge on any atom is 0.0969 e. The van der Waals surface area contributed by atoms with Crippen molar-refractivity contribution in [2.24, 2.45) is 0 Å². The normalized spacial score (nSPS) is 9.00. The maximum atomic E-state index is 8.20. The Labute approximate surface area is 68.2 Å². The van der Waals surface area contributed by atoms with Crippen molar-refractivity contribution < 1.29 is 5.11 Å². The van der Waals surface area contributed by atoms with Crippen LogP contribution in [-0.4, -0.2) is 30.5 Å². The van der Waals surface area contributed by atoms with E-state index in [1.807, 2.05) is 0 Å². The molecule has 0 amide bonds. The molecular weight excluding hydrogens is 144 g/mol. The molecule has 0 heterocycles. The van der Waals surface area contributed by atoms with E-state index < -0.39 is 0 Å². The van der Waals surface area contributed by atoms with Crippen molar-refractivity contribution in [2.45, 2.75) is 26.2 Å². The average molecular weight is 165 g/mol. The van der Waals surface area contributed by atoms with Gasteiger partial charge in [-0.25, -0.2) is 0 Å². The summed E-state index contributed by atoms with van der Waals surface area (Å²) in [6, 6.07) is 0. The smallest absolute Gasteiger partial charge is 0.0969 e. The SMILES string of the molecule is CCCCCO.C[S+](C)C. The molecule has 0 saturated carbocycles. The van der Waals surface area contributed by atoms with Crippen LogP contribution in [0.4, 0.5) is 0 Å². The summed E-state index contributed by atoms with van der Waals surface area (Å²) < 4.78 is 0. The van der Waals surface area contributed by atoms with Crippen molar-refractivity contribution in [3.63, 3.8) is 0 Å². The number of unbranched alkanes of at least 4 members (excludes halogenated alkanes) is 2. The van der Waals surface area contributed by atoms with Crippen LogP contribution < -0.4 is 0 Å². The summed E-state index contributed by atoms with van der Waals surface area (Å²) in [4.78, 5) is 0. The Morgan fingerprint density at radius 2 is 1.50 bits per heavy atom. The van der Waals surface area contributed by atoms with Crippen LogP contribution in [-0.2, 0) is 10.9 Å². The Morgan fingerprint density at radius 3 is 1.60 bits per heavy atom. The largest absolute Gasteiger partial charge is 0.396 e. The Hall–Kier alpha value is 0.310. The van der Waals surface area contributed by atoms with Crippen LogP contribution in [0.5, 0.6) is 0 Å². The number of aliphatic hydroxyl groups excluding tert-OH is 1. The molecule has 0 aromatic rings. The fourth-order valence-electron chi connectivity index (χ4n) is 0.362. The third kappa shape index (κ3) is 40.5. The zero-order valence-electron chi connectivity index (χ0n) is 7.68. The van der Waals surface area contributed by atoms with Crippen LogP contribution in [0.3, 0.4) is 0 Å². The van der Waals surface area contributed by atoms with Crippen LogP contribution in [0.15, 0.2) is 0 Å². The fraction of sp³-hybridized carbons (Fsp3) is 1.00. The standard InChI is InChI=1S/C5H12O.C3H9S/c1-2-3-4-5-6;1-4(2)3/h6H,2-5H2,1H3;1-3H3/q;+1. The minimum absolute atomic E-state index is 0.355. The molecule has 0 aromatic heterocycles. The molecule has 0 aromatic carbocycles. The van der Waals surface area contributed by atoms with E-state index in [4.69, 9.17) is 5.11 Å². The topological polar surface area (TPSA) is 20.2 Å². The van der Waals surface area contributed by atoms with Crippen molar-refractivity contribution >= 4 is 10.9 Å². The van der Waals surface area contributed by atoms with Gasteiger partial charge < -0.3 is 5.11 Å². The van der Waals surface area contributed by atoms with Gasteiger partial charge in [-0.05, 0) is 17.3 Å². The molecule has 0 radical (unpaired) electrons. The third-order valence-corrected chi connectivity index (χ3v) is 0.762. The lowest BCUT2D eigenvalue weighted by Crippen LogP contribution is -1.84. The van der Waals surface area contributed by atoms with Gasteiger partial charge in [-0.1, -0.05) is 19.8 Å². The Morgan fingerprint density at radius 1 is 1.10 bits per heavy atom. The fourth-order valence-corrected chi connectivity index (χ4v) is 0.362. The van der Waals surface area contributed by atoms with Gasteiger partial charge in [0.05, 0.1) is 18.8 Å². The molecule has 1 N–H and O–H groups in total. The molecule has 0 spiro atoms. The molecule has 1 nitrogen and oxygen atoms in total. The Bertz CT molecular complexity index is 39.8. The molecule has 0 aliphatic carbocycles. The van der Waals surface area contributed by atoms with Gasteiger partial charge in [0.25, 0.3) is 0 Å². The molecule has 0 unspecified atom stereocenters. The molecule has 0 saturated heterocycles. The molecule has 0 rings (SSSR count). The monoisotopic (exact) mass is 165 g/mol. The second-order valence-electron chi connectivity index (χ2n) is 2.66. The third-order valence-electron chi connectivity index (χ3n) is 0.762. The van der Waals surface area contributed by atoms with Crippen LogP contribution in [0, 0.1) is 0 Å². The molecule has 64 valence electrons. The number of hydrogen-bond donors (Lipinski definition) is 1. The molecular formula is C8H21OS+. The highest BCUT2D eigenvalue weighted by Crippen LogP contribution is 1.89. The summed E-state index contributed by atoms with van der Waals surface area (Å²) >= 11 is 0. The summed E-state index contributed by atoms with van der Waals surface area (Å²) in [6.07, 6.45) is 9.91. The molecule has 2 heteroatoms. The predicted octanol–water partition coefficient (Wildman–Crippen LogP) is 1.66. The molecule has 10 heavy (non-hydrogen) atoms. The zero-order chi connectivity index (χ0) is 8.41. The Kier molecular flexibility index (Phi) is 15.6. The highest BCUT2D eigenvalue weighted by molar-refractivity contribution is 7.94. The summed E-state index contributed by atoms with van der Waals surface area (Å²) in [5, 5.41) is 8.20.